The summed E-state index contributed by atoms with van der Waals surface area (Å²) in [5, 5.41) is 12.2. The Labute approximate surface area is 145 Å². The number of hydrogen-bond donors (Lipinski definition) is 2. The van der Waals surface area contributed by atoms with Crippen LogP contribution in [0.2, 0.25) is 0 Å². The zero-order valence-corrected chi connectivity index (χ0v) is 13.9. The standard InChI is InChI=1S/C18H14N4O2S/c19-12-14-6-4-5-9-17(14)21-15-10-11-18(20-13-15)22-25(23,24)16-7-2-1-3-8-16/h1-11,13,21H,(H,20,22). The van der Waals surface area contributed by atoms with E-state index in [1.807, 2.05) is 6.07 Å². The molecule has 0 radical (unpaired) electrons. The highest BCUT2D eigenvalue weighted by Gasteiger charge is 2.14. The molecule has 0 unspecified atom stereocenters. The summed E-state index contributed by atoms with van der Waals surface area (Å²) < 4.78 is 26.9. The number of aromatic nitrogens is 1. The van der Waals surface area contributed by atoms with Crippen LogP contribution in [-0.2, 0) is 10.0 Å². The number of sulfonamides is 1. The molecule has 0 aliphatic carbocycles. The average molecular weight is 350 g/mol. The number of hydrogen-bond acceptors (Lipinski definition) is 5. The number of rotatable bonds is 5. The van der Waals surface area contributed by atoms with Gasteiger partial charge in [0.1, 0.15) is 11.9 Å². The van der Waals surface area contributed by atoms with E-state index in [0.717, 1.165) is 0 Å². The van der Waals surface area contributed by atoms with Gasteiger partial charge >= 0.3 is 0 Å². The predicted molar refractivity (Wildman–Crippen MR) is 95.9 cm³/mol. The molecule has 0 atom stereocenters. The fraction of sp³-hybridized carbons (Fsp3) is 0. The Morgan fingerprint density at radius 1 is 0.920 bits per heavy atom. The van der Waals surface area contributed by atoms with Crippen LogP contribution in [0.15, 0.2) is 77.8 Å². The van der Waals surface area contributed by atoms with Crippen LogP contribution in [0.5, 0.6) is 0 Å². The first kappa shape index (κ1) is 16.5. The van der Waals surface area contributed by atoms with Crippen LogP contribution in [0, 0.1) is 11.3 Å². The van der Waals surface area contributed by atoms with Gasteiger partial charge in [0, 0.05) is 0 Å². The number of anilines is 3. The molecule has 124 valence electrons. The number of nitrogens with one attached hydrogen (secondary N) is 2. The summed E-state index contributed by atoms with van der Waals surface area (Å²) in [6.07, 6.45) is 1.50. The van der Waals surface area contributed by atoms with Gasteiger partial charge in [-0.2, -0.15) is 5.26 Å². The Morgan fingerprint density at radius 2 is 1.64 bits per heavy atom. The fourth-order valence-electron chi connectivity index (χ4n) is 2.17. The van der Waals surface area contributed by atoms with Crippen molar-refractivity contribution in [1.29, 1.82) is 5.26 Å². The molecule has 2 aromatic carbocycles. The second kappa shape index (κ2) is 7.03. The minimum atomic E-state index is -3.67. The van der Waals surface area contributed by atoms with Crippen molar-refractivity contribution in [3.63, 3.8) is 0 Å². The van der Waals surface area contributed by atoms with E-state index >= 15 is 0 Å². The lowest BCUT2D eigenvalue weighted by molar-refractivity contribution is 0.601. The predicted octanol–water partition coefficient (Wildman–Crippen LogP) is 3.50. The number of pyridine rings is 1. The lowest BCUT2D eigenvalue weighted by atomic mass is 10.2. The average Bonchev–Trinajstić information content (AvgIpc) is 2.64. The molecule has 0 spiro atoms. The van der Waals surface area contributed by atoms with Crippen LogP contribution < -0.4 is 10.0 Å². The van der Waals surface area contributed by atoms with Crippen molar-refractivity contribution in [3.8, 4) is 6.07 Å². The molecular weight excluding hydrogens is 336 g/mol. The molecule has 6 nitrogen and oxygen atoms in total. The van der Waals surface area contributed by atoms with E-state index in [9.17, 15) is 8.42 Å². The molecule has 0 saturated heterocycles. The SMILES string of the molecule is N#Cc1ccccc1Nc1ccc(NS(=O)(=O)c2ccccc2)nc1. The number of nitriles is 1. The van der Waals surface area contributed by atoms with E-state index in [-0.39, 0.29) is 10.7 Å². The maximum Gasteiger partial charge on any atom is 0.263 e. The van der Waals surface area contributed by atoms with Crippen molar-refractivity contribution in [2.45, 2.75) is 4.90 Å². The van der Waals surface area contributed by atoms with Crippen molar-refractivity contribution in [3.05, 3.63) is 78.5 Å². The summed E-state index contributed by atoms with van der Waals surface area (Å²) in [5.74, 6) is 0.211. The van der Waals surface area contributed by atoms with E-state index < -0.39 is 10.0 Å². The van der Waals surface area contributed by atoms with Gasteiger partial charge in [-0.25, -0.2) is 13.4 Å². The van der Waals surface area contributed by atoms with Crippen LogP contribution in [-0.4, -0.2) is 13.4 Å². The number of para-hydroxylation sites is 1. The Balaban J connectivity index is 1.76. The second-order valence-corrected chi connectivity index (χ2v) is 6.82. The molecule has 1 heterocycles. The van der Waals surface area contributed by atoms with Crippen LogP contribution in [0.1, 0.15) is 5.56 Å². The summed E-state index contributed by atoms with van der Waals surface area (Å²) >= 11 is 0. The van der Waals surface area contributed by atoms with Gasteiger partial charge in [0.15, 0.2) is 0 Å². The van der Waals surface area contributed by atoms with Gasteiger partial charge in [0.2, 0.25) is 0 Å². The first-order chi connectivity index (χ1) is 12.1. The molecule has 25 heavy (non-hydrogen) atoms. The molecule has 2 N–H and O–H groups in total. The Morgan fingerprint density at radius 3 is 2.32 bits per heavy atom. The zero-order chi connectivity index (χ0) is 17.7. The molecule has 3 aromatic rings. The summed E-state index contributed by atoms with van der Waals surface area (Å²) in [7, 11) is -3.67. The summed E-state index contributed by atoms with van der Waals surface area (Å²) in [6, 6.07) is 20.5. The highest BCUT2D eigenvalue weighted by molar-refractivity contribution is 7.92. The van der Waals surface area contributed by atoms with Gasteiger partial charge in [0.05, 0.1) is 28.0 Å². The van der Waals surface area contributed by atoms with Gasteiger partial charge in [-0.15, -0.1) is 0 Å². The van der Waals surface area contributed by atoms with Crippen LogP contribution in [0.25, 0.3) is 0 Å². The molecule has 0 aliphatic rings. The van der Waals surface area contributed by atoms with E-state index in [0.29, 0.717) is 16.9 Å². The van der Waals surface area contributed by atoms with Gasteiger partial charge in [-0.1, -0.05) is 30.3 Å². The molecule has 0 bridgehead atoms. The summed E-state index contributed by atoms with van der Waals surface area (Å²) in [6.45, 7) is 0. The molecular formula is C18H14N4O2S. The third-order valence-electron chi connectivity index (χ3n) is 3.38. The van der Waals surface area contributed by atoms with Gasteiger partial charge in [-0.05, 0) is 36.4 Å². The third-order valence-corrected chi connectivity index (χ3v) is 4.75. The third kappa shape index (κ3) is 3.94. The highest BCUT2D eigenvalue weighted by atomic mass is 32.2. The van der Waals surface area contributed by atoms with Gasteiger partial charge in [-0.3, -0.25) is 4.72 Å². The lowest BCUT2D eigenvalue weighted by Crippen LogP contribution is -2.13. The van der Waals surface area contributed by atoms with Crippen molar-refractivity contribution in [2.24, 2.45) is 0 Å². The smallest absolute Gasteiger partial charge is 0.263 e. The Bertz CT molecular complexity index is 1010. The van der Waals surface area contributed by atoms with E-state index in [2.05, 4.69) is 21.1 Å². The summed E-state index contributed by atoms with van der Waals surface area (Å²) in [4.78, 5) is 4.27. The molecule has 0 amide bonds. The fourth-order valence-corrected chi connectivity index (χ4v) is 3.20. The van der Waals surface area contributed by atoms with Crippen molar-refractivity contribution >= 4 is 27.2 Å². The minimum absolute atomic E-state index is 0.168. The molecule has 1 aromatic heterocycles. The monoisotopic (exact) mass is 350 g/mol. The first-order valence-electron chi connectivity index (χ1n) is 7.38. The van der Waals surface area contributed by atoms with E-state index in [1.54, 1.807) is 48.5 Å². The van der Waals surface area contributed by atoms with E-state index in [4.69, 9.17) is 5.26 Å². The van der Waals surface area contributed by atoms with Crippen molar-refractivity contribution in [1.82, 2.24) is 4.98 Å². The molecule has 0 saturated carbocycles. The molecule has 3 rings (SSSR count). The largest absolute Gasteiger partial charge is 0.353 e. The van der Waals surface area contributed by atoms with Gasteiger partial charge < -0.3 is 5.32 Å². The van der Waals surface area contributed by atoms with Crippen LogP contribution in [0.3, 0.4) is 0 Å². The summed E-state index contributed by atoms with van der Waals surface area (Å²) in [5.41, 5.74) is 1.81. The normalized spacial score (nSPS) is 10.7. The van der Waals surface area contributed by atoms with Crippen LogP contribution in [0.4, 0.5) is 17.2 Å². The van der Waals surface area contributed by atoms with Crippen molar-refractivity contribution in [2.75, 3.05) is 10.0 Å². The molecule has 7 heteroatoms. The molecule has 0 fully saturated rings. The maximum absolute atomic E-state index is 12.3. The number of nitrogens with zero attached hydrogens (tertiary/aromatic N) is 2. The Hall–Kier alpha value is -3.37. The van der Waals surface area contributed by atoms with Crippen molar-refractivity contribution < 1.29 is 8.42 Å². The Kier molecular flexibility index (Phi) is 4.64. The van der Waals surface area contributed by atoms with E-state index in [1.165, 1.54) is 18.3 Å². The quantitative estimate of drug-likeness (QED) is 0.734. The zero-order valence-electron chi connectivity index (χ0n) is 13.0. The van der Waals surface area contributed by atoms with Crippen LogP contribution >= 0.6 is 0 Å². The first-order valence-corrected chi connectivity index (χ1v) is 8.87. The molecule has 0 aliphatic heterocycles. The number of benzene rings is 2. The topological polar surface area (TPSA) is 94.9 Å². The van der Waals surface area contributed by atoms with Gasteiger partial charge in [0.25, 0.3) is 10.0 Å². The highest BCUT2D eigenvalue weighted by Crippen LogP contribution is 2.21. The minimum Gasteiger partial charge on any atom is -0.353 e. The maximum atomic E-state index is 12.3. The second-order valence-electron chi connectivity index (χ2n) is 5.13. The lowest BCUT2D eigenvalue weighted by Gasteiger charge is -2.10.